The molecule has 2 aromatic carbocycles. The standard InChI is InChI=1S/C19H20N2O3/c1-11-9-21(11)14-8-15(23)18-16(19(14)24)13(10-22)17(20(18)2)12-6-4-3-5-7-12/h3-8,11,22-24H,9-10H2,1-2H3/t11-,21?/m1/s1. The fraction of sp³-hybridized carbons (Fsp3) is 0.263. The van der Waals surface area contributed by atoms with E-state index in [-0.39, 0.29) is 18.1 Å². The Morgan fingerprint density at radius 1 is 1.17 bits per heavy atom. The second-order valence-electron chi connectivity index (χ2n) is 6.40. The smallest absolute Gasteiger partial charge is 0.148 e. The lowest BCUT2D eigenvalue weighted by Crippen LogP contribution is -1.97. The molecule has 0 radical (unpaired) electrons. The molecule has 1 fully saturated rings. The minimum Gasteiger partial charge on any atom is -0.506 e. The number of hydrogen-bond donors (Lipinski definition) is 3. The van der Waals surface area contributed by atoms with Gasteiger partial charge in [0.15, 0.2) is 0 Å². The van der Waals surface area contributed by atoms with E-state index in [0.717, 1.165) is 17.8 Å². The van der Waals surface area contributed by atoms with Crippen LogP contribution < -0.4 is 4.90 Å². The van der Waals surface area contributed by atoms with Gasteiger partial charge in [-0.05, 0) is 12.5 Å². The lowest BCUT2D eigenvalue weighted by atomic mass is 10.0. The number of anilines is 1. The molecule has 0 spiro atoms. The zero-order chi connectivity index (χ0) is 17.0. The maximum absolute atomic E-state index is 10.8. The van der Waals surface area contributed by atoms with Crippen LogP contribution in [0, 0.1) is 0 Å². The molecule has 4 rings (SSSR count). The highest BCUT2D eigenvalue weighted by Gasteiger charge is 2.34. The van der Waals surface area contributed by atoms with E-state index in [1.807, 2.05) is 46.8 Å². The van der Waals surface area contributed by atoms with E-state index in [2.05, 4.69) is 6.92 Å². The molecule has 0 unspecified atom stereocenters. The third-order valence-electron chi connectivity index (χ3n) is 4.86. The van der Waals surface area contributed by atoms with Crippen molar-refractivity contribution < 1.29 is 15.3 Å². The van der Waals surface area contributed by atoms with Gasteiger partial charge in [0, 0.05) is 31.3 Å². The largest absolute Gasteiger partial charge is 0.506 e. The molecule has 5 heteroatoms. The molecule has 0 amide bonds. The number of hydrogen-bond acceptors (Lipinski definition) is 4. The topological polar surface area (TPSA) is 68.6 Å². The van der Waals surface area contributed by atoms with Gasteiger partial charge in [-0.3, -0.25) is 0 Å². The summed E-state index contributed by atoms with van der Waals surface area (Å²) >= 11 is 0. The van der Waals surface area contributed by atoms with Crippen LogP contribution in [0.1, 0.15) is 12.5 Å². The summed E-state index contributed by atoms with van der Waals surface area (Å²) in [5.41, 5.74) is 3.51. The highest BCUT2D eigenvalue weighted by Crippen LogP contribution is 2.48. The number of phenols is 2. The molecule has 124 valence electrons. The maximum Gasteiger partial charge on any atom is 0.148 e. The molecular formula is C19H20N2O3. The Bertz CT molecular complexity index is 931. The van der Waals surface area contributed by atoms with Gasteiger partial charge < -0.3 is 24.8 Å². The van der Waals surface area contributed by atoms with E-state index in [4.69, 9.17) is 0 Å². The molecule has 1 atom stereocenters. The number of benzene rings is 2. The molecule has 1 aromatic heterocycles. The molecule has 1 aliphatic heterocycles. The van der Waals surface area contributed by atoms with E-state index < -0.39 is 0 Å². The van der Waals surface area contributed by atoms with Crippen LogP contribution in [0.2, 0.25) is 0 Å². The number of aromatic nitrogens is 1. The van der Waals surface area contributed by atoms with Crippen molar-refractivity contribution in [3.63, 3.8) is 0 Å². The van der Waals surface area contributed by atoms with Crippen LogP contribution in [0.5, 0.6) is 11.5 Å². The molecular weight excluding hydrogens is 304 g/mol. The number of nitrogens with zero attached hydrogens (tertiary/aromatic N) is 2. The Morgan fingerprint density at radius 3 is 2.42 bits per heavy atom. The molecule has 3 N–H and O–H groups in total. The lowest BCUT2D eigenvalue weighted by molar-refractivity contribution is 0.283. The third kappa shape index (κ3) is 1.98. The summed E-state index contributed by atoms with van der Waals surface area (Å²) in [5.74, 6) is 0.227. The molecule has 1 saturated heterocycles. The van der Waals surface area contributed by atoms with Crippen LogP contribution >= 0.6 is 0 Å². The highest BCUT2D eigenvalue weighted by atomic mass is 16.3. The van der Waals surface area contributed by atoms with Crippen molar-refractivity contribution in [2.75, 3.05) is 11.4 Å². The summed E-state index contributed by atoms with van der Waals surface area (Å²) in [6.07, 6.45) is 0. The molecule has 0 saturated carbocycles. The van der Waals surface area contributed by atoms with Crippen molar-refractivity contribution in [1.29, 1.82) is 0 Å². The Labute approximate surface area is 140 Å². The molecule has 5 nitrogen and oxygen atoms in total. The normalized spacial score (nSPS) is 16.8. The summed E-state index contributed by atoms with van der Waals surface area (Å²) in [4.78, 5) is 2.02. The molecule has 3 aromatic rings. The number of aliphatic hydroxyl groups excluding tert-OH is 1. The quantitative estimate of drug-likeness (QED) is 0.512. The lowest BCUT2D eigenvalue weighted by Gasteiger charge is -2.11. The zero-order valence-electron chi connectivity index (χ0n) is 13.7. The molecule has 0 aliphatic carbocycles. The van der Waals surface area contributed by atoms with E-state index in [1.54, 1.807) is 6.07 Å². The predicted molar refractivity (Wildman–Crippen MR) is 94.4 cm³/mol. The van der Waals surface area contributed by atoms with Gasteiger partial charge in [0.1, 0.15) is 11.5 Å². The van der Waals surface area contributed by atoms with Gasteiger partial charge in [0.05, 0.1) is 28.9 Å². The van der Waals surface area contributed by atoms with Crippen molar-refractivity contribution >= 4 is 16.6 Å². The first-order chi connectivity index (χ1) is 11.5. The second-order valence-corrected chi connectivity index (χ2v) is 6.40. The van der Waals surface area contributed by atoms with E-state index in [0.29, 0.717) is 28.2 Å². The summed E-state index contributed by atoms with van der Waals surface area (Å²) in [6, 6.07) is 11.6. The van der Waals surface area contributed by atoms with E-state index in [1.165, 1.54) is 0 Å². The SMILES string of the molecule is C[C@@H]1CN1c1cc(O)c2c(c1O)c(CO)c(-c1ccccc1)n2C. The average molecular weight is 324 g/mol. The zero-order valence-corrected chi connectivity index (χ0v) is 13.7. The third-order valence-corrected chi connectivity index (χ3v) is 4.86. The van der Waals surface area contributed by atoms with Gasteiger partial charge in [-0.1, -0.05) is 30.3 Å². The minimum absolute atomic E-state index is 0.108. The van der Waals surface area contributed by atoms with Crippen LogP contribution in [-0.2, 0) is 13.7 Å². The first-order valence-corrected chi connectivity index (χ1v) is 8.03. The summed E-state index contributed by atoms with van der Waals surface area (Å²) in [6.45, 7) is 2.70. The first kappa shape index (κ1) is 14.9. The number of aryl methyl sites for hydroxylation is 1. The summed E-state index contributed by atoms with van der Waals surface area (Å²) in [5, 5.41) is 31.9. The van der Waals surface area contributed by atoms with Crippen molar-refractivity contribution in [1.82, 2.24) is 4.57 Å². The fourth-order valence-corrected chi connectivity index (χ4v) is 3.60. The number of phenolic OH excluding ortho intramolecular Hbond substituents is 2. The van der Waals surface area contributed by atoms with Crippen LogP contribution in [0.4, 0.5) is 5.69 Å². The average Bonchev–Trinajstić information content (AvgIpc) is 3.22. The number of rotatable bonds is 3. The van der Waals surface area contributed by atoms with E-state index >= 15 is 0 Å². The van der Waals surface area contributed by atoms with Crippen LogP contribution in [-0.4, -0.2) is 32.5 Å². The van der Waals surface area contributed by atoms with Gasteiger partial charge in [-0.2, -0.15) is 0 Å². The Hall–Kier alpha value is -2.66. The van der Waals surface area contributed by atoms with Crippen molar-refractivity contribution in [3.05, 3.63) is 42.0 Å². The predicted octanol–water partition coefficient (Wildman–Crippen LogP) is 2.96. The number of fused-ring (bicyclic) bond motifs is 1. The van der Waals surface area contributed by atoms with Gasteiger partial charge in [-0.15, -0.1) is 0 Å². The Morgan fingerprint density at radius 2 is 1.83 bits per heavy atom. The molecule has 2 heterocycles. The van der Waals surface area contributed by atoms with Crippen LogP contribution in [0.15, 0.2) is 36.4 Å². The fourth-order valence-electron chi connectivity index (χ4n) is 3.60. The highest BCUT2D eigenvalue weighted by molar-refractivity contribution is 6.03. The van der Waals surface area contributed by atoms with Gasteiger partial charge in [0.2, 0.25) is 0 Å². The van der Waals surface area contributed by atoms with Gasteiger partial charge >= 0.3 is 0 Å². The molecule has 1 aliphatic rings. The minimum atomic E-state index is -0.215. The summed E-state index contributed by atoms with van der Waals surface area (Å²) in [7, 11) is 1.84. The van der Waals surface area contributed by atoms with Gasteiger partial charge in [-0.25, -0.2) is 0 Å². The first-order valence-electron chi connectivity index (χ1n) is 8.03. The Kier molecular flexibility index (Phi) is 3.21. The summed E-state index contributed by atoms with van der Waals surface area (Å²) < 4.78 is 1.83. The van der Waals surface area contributed by atoms with Crippen molar-refractivity contribution in [3.8, 4) is 22.8 Å². The molecule has 24 heavy (non-hydrogen) atoms. The van der Waals surface area contributed by atoms with Crippen LogP contribution in [0.25, 0.3) is 22.2 Å². The molecule has 0 bridgehead atoms. The van der Waals surface area contributed by atoms with E-state index in [9.17, 15) is 15.3 Å². The monoisotopic (exact) mass is 324 g/mol. The Balaban J connectivity index is 2.08. The number of aromatic hydroxyl groups is 2. The van der Waals surface area contributed by atoms with Crippen molar-refractivity contribution in [2.45, 2.75) is 19.6 Å². The van der Waals surface area contributed by atoms with Crippen molar-refractivity contribution in [2.24, 2.45) is 7.05 Å². The number of aliphatic hydroxyl groups is 1. The van der Waals surface area contributed by atoms with Crippen LogP contribution in [0.3, 0.4) is 0 Å². The van der Waals surface area contributed by atoms with Gasteiger partial charge in [0.25, 0.3) is 0 Å². The maximum atomic E-state index is 10.8. The second kappa shape index (κ2) is 5.18.